The van der Waals surface area contributed by atoms with Crippen LogP contribution in [0, 0.1) is 0 Å². The summed E-state index contributed by atoms with van der Waals surface area (Å²) in [6, 6.07) is 7.46. The molecule has 0 saturated heterocycles. The van der Waals surface area contributed by atoms with E-state index in [0.717, 1.165) is 28.4 Å². The average molecular weight is 422 g/mol. The van der Waals surface area contributed by atoms with Gasteiger partial charge < -0.3 is 19.5 Å². The van der Waals surface area contributed by atoms with Crippen LogP contribution in [0.25, 0.3) is 0 Å². The summed E-state index contributed by atoms with van der Waals surface area (Å²) in [5, 5.41) is 3.39. The zero-order chi connectivity index (χ0) is 19.9. The third kappa shape index (κ3) is 5.20. The molecule has 0 aliphatic carbocycles. The number of thioether (sulfide) groups is 1. The van der Waals surface area contributed by atoms with Crippen LogP contribution < -0.4 is 14.8 Å². The van der Waals surface area contributed by atoms with Crippen molar-refractivity contribution < 1.29 is 23.8 Å². The molecule has 0 spiro atoms. The summed E-state index contributed by atoms with van der Waals surface area (Å²) >= 11 is 2.81. The van der Waals surface area contributed by atoms with Gasteiger partial charge in [-0.15, -0.1) is 23.1 Å². The number of fused-ring (bicyclic) bond motifs is 1. The van der Waals surface area contributed by atoms with Crippen molar-refractivity contribution in [3.63, 3.8) is 0 Å². The number of ether oxygens (including phenoxy) is 3. The highest BCUT2D eigenvalue weighted by Gasteiger charge is 2.19. The summed E-state index contributed by atoms with van der Waals surface area (Å²) in [6.07, 6.45) is 1.64. The Morgan fingerprint density at radius 2 is 1.96 bits per heavy atom. The van der Waals surface area contributed by atoms with Crippen LogP contribution in [0.15, 0.2) is 29.2 Å². The molecule has 6 nitrogen and oxygen atoms in total. The van der Waals surface area contributed by atoms with Crippen molar-refractivity contribution in [3.8, 4) is 11.5 Å². The SMILES string of the molecule is CCOC(=O)c1cc(CC)sc1NC(=O)CSc1ccc2c(c1)OCCCO2. The van der Waals surface area contributed by atoms with Gasteiger partial charge in [-0.3, -0.25) is 4.79 Å². The van der Waals surface area contributed by atoms with E-state index in [4.69, 9.17) is 14.2 Å². The number of anilines is 1. The van der Waals surface area contributed by atoms with Gasteiger partial charge in [0.15, 0.2) is 11.5 Å². The molecule has 0 atom stereocenters. The fourth-order valence-corrected chi connectivity index (χ4v) is 4.34. The van der Waals surface area contributed by atoms with Crippen molar-refractivity contribution >= 4 is 40.0 Å². The molecule has 2 heterocycles. The first-order valence-corrected chi connectivity index (χ1v) is 11.0. The van der Waals surface area contributed by atoms with Crippen LogP contribution in [0.5, 0.6) is 11.5 Å². The second kappa shape index (κ2) is 9.84. The van der Waals surface area contributed by atoms with Crippen LogP contribution in [0.2, 0.25) is 0 Å². The molecule has 0 bridgehead atoms. The number of thiophene rings is 1. The van der Waals surface area contributed by atoms with Crippen molar-refractivity contribution in [2.45, 2.75) is 31.6 Å². The normalized spacial score (nSPS) is 12.9. The van der Waals surface area contributed by atoms with Crippen molar-refractivity contribution in [1.29, 1.82) is 0 Å². The number of hydrogen-bond acceptors (Lipinski definition) is 7. The molecule has 0 unspecified atom stereocenters. The number of hydrogen-bond donors (Lipinski definition) is 1. The standard InChI is InChI=1S/C20H23NO5S2/c1-3-13-10-15(20(23)24-4-2)19(28-13)21-18(22)12-27-14-6-7-16-17(11-14)26-9-5-8-25-16/h6-7,10-11H,3-5,8-9,12H2,1-2H3,(H,21,22). The summed E-state index contributed by atoms with van der Waals surface area (Å²) in [7, 11) is 0. The van der Waals surface area contributed by atoms with Gasteiger partial charge in [0.25, 0.3) is 0 Å². The minimum Gasteiger partial charge on any atom is -0.490 e. The van der Waals surface area contributed by atoms with Gasteiger partial charge in [0, 0.05) is 16.2 Å². The maximum absolute atomic E-state index is 12.4. The van der Waals surface area contributed by atoms with E-state index in [-0.39, 0.29) is 11.7 Å². The highest BCUT2D eigenvalue weighted by Crippen LogP contribution is 2.34. The van der Waals surface area contributed by atoms with E-state index in [1.165, 1.54) is 23.1 Å². The Balaban J connectivity index is 1.62. The van der Waals surface area contributed by atoms with Crippen molar-refractivity contribution in [2.75, 3.05) is 30.9 Å². The van der Waals surface area contributed by atoms with E-state index in [0.29, 0.717) is 36.1 Å². The van der Waals surface area contributed by atoms with Crippen LogP contribution in [0.4, 0.5) is 5.00 Å². The maximum Gasteiger partial charge on any atom is 0.341 e. The maximum atomic E-state index is 12.4. The Hall–Kier alpha value is -2.19. The summed E-state index contributed by atoms with van der Waals surface area (Å²) < 4.78 is 16.4. The monoisotopic (exact) mass is 421 g/mol. The molecule has 1 aliphatic heterocycles. The van der Waals surface area contributed by atoms with E-state index < -0.39 is 5.97 Å². The average Bonchev–Trinajstić information content (AvgIpc) is 2.95. The van der Waals surface area contributed by atoms with Crippen LogP contribution in [-0.2, 0) is 16.0 Å². The molecule has 0 saturated carbocycles. The van der Waals surface area contributed by atoms with E-state index >= 15 is 0 Å². The summed E-state index contributed by atoms with van der Waals surface area (Å²) in [5.74, 6) is 1.08. The van der Waals surface area contributed by atoms with Gasteiger partial charge in [0.2, 0.25) is 5.91 Å². The first kappa shape index (κ1) is 20.5. The first-order valence-electron chi connectivity index (χ1n) is 9.22. The highest BCUT2D eigenvalue weighted by atomic mass is 32.2. The van der Waals surface area contributed by atoms with E-state index in [9.17, 15) is 9.59 Å². The Labute approximate surface area is 172 Å². The Kier molecular flexibility index (Phi) is 7.22. The lowest BCUT2D eigenvalue weighted by molar-refractivity contribution is -0.113. The number of benzene rings is 1. The minimum absolute atomic E-state index is 0.174. The Morgan fingerprint density at radius 3 is 2.71 bits per heavy atom. The molecule has 28 heavy (non-hydrogen) atoms. The lowest BCUT2D eigenvalue weighted by Crippen LogP contribution is -2.15. The topological polar surface area (TPSA) is 73.9 Å². The quantitative estimate of drug-likeness (QED) is 0.528. The molecule has 1 N–H and O–H groups in total. The lowest BCUT2D eigenvalue weighted by Gasteiger charge is -2.09. The number of esters is 1. The second-order valence-corrected chi connectivity index (χ2v) is 8.21. The molecule has 0 radical (unpaired) electrons. The molecule has 8 heteroatoms. The number of rotatable bonds is 7. The molecular weight excluding hydrogens is 398 g/mol. The number of nitrogens with one attached hydrogen (secondary N) is 1. The molecule has 1 aromatic heterocycles. The minimum atomic E-state index is -0.413. The van der Waals surface area contributed by atoms with Gasteiger partial charge in [-0.2, -0.15) is 0 Å². The fourth-order valence-electron chi connectivity index (χ4n) is 2.61. The summed E-state index contributed by atoms with van der Waals surface area (Å²) in [5.41, 5.74) is 0.414. The molecule has 1 aromatic carbocycles. The second-order valence-electron chi connectivity index (χ2n) is 6.03. The first-order chi connectivity index (χ1) is 13.6. The zero-order valence-electron chi connectivity index (χ0n) is 15.9. The summed E-state index contributed by atoms with van der Waals surface area (Å²) in [4.78, 5) is 26.5. The molecule has 0 fully saturated rings. The molecule has 2 aromatic rings. The molecule has 1 aliphatic rings. The fraction of sp³-hybridized carbons (Fsp3) is 0.400. The number of carbonyl (C=O) groups is 2. The summed E-state index contributed by atoms with van der Waals surface area (Å²) in [6.45, 7) is 5.33. The van der Waals surface area contributed by atoms with Crippen LogP contribution in [0.1, 0.15) is 35.5 Å². The van der Waals surface area contributed by atoms with Crippen molar-refractivity contribution in [2.24, 2.45) is 0 Å². The zero-order valence-corrected chi connectivity index (χ0v) is 17.5. The number of amides is 1. The van der Waals surface area contributed by atoms with Crippen LogP contribution in [-0.4, -0.2) is 37.4 Å². The highest BCUT2D eigenvalue weighted by molar-refractivity contribution is 8.00. The van der Waals surface area contributed by atoms with Crippen molar-refractivity contribution in [3.05, 3.63) is 34.7 Å². The number of carbonyl (C=O) groups excluding carboxylic acids is 2. The Bertz CT molecular complexity index is 849. The van der Waals surface area contributed by atoms with Gasteiger partial charge in [0.1, 0.15) is 5.00 Å². The van der Waals surface area contributed by atoms with E-state index in [1.807, 2.05) is 25.1 Å². The van der Waals surface area contributed by atoms with Crippen molar-refractivity contribution in [1.82, 2.24) is 0 Å². The van der Waals surface area contributed by atoms with Gasteiger partial charge in [-0.1, -0.05) is 6.92 Å². The van der Waals surface area contributed by atoms with Gasteiger partial charge in [0.05, 0.1) is 31.1 Å². The third-order valence-corrected chi connectivity index (χ3v) is 6.16. The van der Waals surface area contributed by atoms with Crippen LogP contribution in [0.3, 0.4) is 0 Å². The smallest absolute Gasteiger partial charge is 0.341 e. The van der Waals surface area contributed by atoms with E-state index in [2.05, 4.69) is 5.32 Å². The van der Waals surface area contributed by atoms with E-state index in [1.54, 1.807) is 13.0 Å². The van der Waals surface area contributed by atoms with Gasteiger partial charge >= 0.3 is 5.97 Å². The Morgan fingerprint density at radius 1 is 1.18 bits per heavy atom. The largest absolute Gasteiger partial charge is 0.490 e. The molecule has 1 amide bonds. The molecule has 3 rings (SSSR count). The van der Waals surface area contributed by atoms with Gasteiger partial charge in [-0.25, -0.2) is 4.79 Å². The molecule has 150 valence electrons. The lowest BCUT2D eigenvalue weighted by atomic mass is 10.2. The third-order valence-electron chi connectivity index (χ3n) is 3.97. The molecular formula is C20H23NO5S2. The predicted octanol–water partition coefficient (Wildman–Crippen LogP) is 4.38. The number of aryl methyl sites for hydroxylation is 1. The van der Waals surface area contributed by atoms with Crippen LogP contribution >= 0.6 is 23.1 Å². The predicted molar refractivity (Wildman–Crippen MR) is 111 cm³/mol. The van der Waals surface area contributed by atoms with Gasteiger partial charge in [-0.05, 0) is 37.6 Å².